The van der Waals surface area contributed by atoms with Crippen LogP contribution >= 0.6 is 15.9 Å². The van der Waals surface area contributed by atoms with Gasteiger partial charge in [0.15, 0.2) is 11.5 Å². The lowest BCUT2D eigenvalue weighted by molar-refractivity contribution is 0.0575. The molecule has 1 fully saturated rings. The van der Waals surface area contributed by atoms with Gasteiger partial charge >= 0.3 is 5.97 Å². The molecule has 20 heavy (non-hydrogen) atoms. The summed E-state index contributed by atoms with van der Waals surface area (Å²) < 4.78 is 11.8. The number of rotatable bonds is 5. The second-order valence-electron chi connectivity index (χ2n) is 4.68. The van der Waals surface area contributed by atoms with Crippen molar-refractivity contribution in [2.24, 2.45) is 0 Å². The molecular formula is C14H17BrO5. The maximum Gasteiger partial charge on any atom is 0.335 e. The molecule has 0 radical (unpaired) electrons. The molecule has 2 rings (SSSR count). The minimum Gasteiger partial charge on any atom is -0.490 e. The van der Waals surface area contributed by atoms with E-state index >= 15 is 0 Å². The van der Waals surface area contributed by atoms with Crippen LogP contribution in [0.4, 0.5) is 0 Å². The Morgan fingerprint density at radius 2 is 2.20 bits per heavy atom. The van der Waals surface area contributed by atoms with Crippen molar-refractivity contribution in [2.75, 3.05) is 6.61 Å². The van der Waals surface area contributed by atoms with Crippen LogP contribution in [0.1, 0.15) is 36.5 Å². The van der Waals surface area contributed by atoms with Gasteiger partial charge in [-0.05, 0) is 54.2 Å². The van der Waals surface area contributed by atoms with Gasteiger partial charge < -0.3 is 19.7 Å². The highest BCUT2D eigenvalue weighted by Gasteiger charge is 2.29. The SMILES string of the molecule is CCOc1cc(C(=O)O)cc(Br)c1OC1CCCC1O. The molecule has 1 aromatic carbocycles. The highest BCUT2D eigenvalue weighted by Crippen LogP contribution is 2.39. The van der Waals surface area contributed by atoms with Gasteiger partial charge in [0.1, 0.15) is 6.10 Å². The predicted molar refractivity (Wildman–Crippen MR) is 76.5 cm³/mol. The molecule has 2 atom stereocenters. The molecule has 6 heteroatoms. The summed E-state index contributed by atoms with van der Waals surface area (Å²) in [4.78, 5) is 11.1. The number of aromatic carboxylic acids is 1. The van der Waals surface area contributed by atoms with Crippen LogP contribution in [0.5, 0.6) is 11.5 Å². The predicted octanol–water partition coefficient (Wildman–Crippen LogP) is 2.84. The normalized spacial score (nSPS) is 21.8. The fraction of sp³-hybridized carbons (Fsp3) is 0.500. The monoisotopic (exact) mass is 344 g/mol. The average molecular weight is 345 g/mol. The number of carboxylic acid groups (broad SMARTS) is 1. The topological polar surface area (TPSA) is 76.0 Å². The lowest BCUT2D eigenvalue weighted by atomic mass is 10.2. The molecular weight excluding hydrogens is 328 g/mol. The van der Waals surface area contributed by atoms with E-state index in [0.29, 0.717) is 22.6 Å². The van der Waals surface area contributed by atoms with Crippen LogP contribution in [0.3, 0.4) is 0 Å². The molecule has 0 saturated heterocycles. The zero-order valence-electron chi connectivity index (χ0n) is 11.1. The van der Waals surface area contributed by atoms with Crippen LogP contribution in [-0.4, -0.2) is 35.0 Å². The third-order valence-electron chi connectivity index (χ3n) is 3.24. The largest absolute Gasteiger partial charge is 0.490 e. The van der Waals surface area contributed by atoms with E-state index in [9.17, 15) is 9.90 Å². The van der Waals surface area contributed by atoms with Gasteiger partial charge in [-0.3, -0.25) is 0 Å². The average Bonchev–Trinajstić information content (AvgIpc) is 2.79. The van der Waals surface area contributed by atoms with E-state index in [1.807, 2.05) is 6.92 Å². The molecule has 2 unspecified atom stereocenters. The number of hydrogen-bond acceptors (Lipinski definition) is 4. The van der Waals surface area contributed by atoms with Crippen LogP contribution in [0.2, 0.25) is 0 Å². The number of aliphatic hydroxyl groups excluding tert-OH is 1. The molecule has 2 N–H and O–H groups in total. The second-order valence-corrected chi connectivity index (χ2v) is 5.53. The molecule has 0 aliphatic heterocycles. The van der Waals surface area contributed by atoms with Crippen LogP contribution in [0.25, 0.3) is 0 Å². The summed E-state index contributed by atoms with van der Waals surface area (Å²) in [5, 5.41) is 18.9. The smallest absolute Gasteiger partial charge is 0.335 e. The maximum atomic E-state index is 11.1. The summed E-state index contributed by atoms with van der Waals surface area (Å²) in [6, 6.07) is 2.91. The lowest BCUT2D eigenvalue weighted by Crippen LogP contribution is -2.26. The quantitative estimate of drug-likeness (QED) is 0.858. The molecule has 0 amide bonds. The van der Waals surface area contributed by atoms with Gasteiger partial charge in [0, 0.05) is 0 Å². The van der Waals surface area contributed by atoms with Crippen molar-refractivity contribution < 1.29 is 24.5 Å². The zero-order valence-corrected chi connectivity index (χ0v) is 12.7. The van der Waals surface area contributed by atoms with E-state index in [1.165, 1.54) is 12.1 Å². The summed E-state index contributed by atoms with van der Waals surface area (Å²) in [5.41, 5.74) is 0.125. The molecule has 0 bridgehead atoms. The Bertz CT molecular complexity index is 503. The number of carboxylic acids is 1. The van der Waals surface area contributed by atoms with Crippen molar-refractivity contribution >= 4 is 21.9 Å². The molecule has 110 valence electrons. The van der Waals surface area contributed by atoms with E-state index in [0.717, 1.165) is 19.3 Å². The van der Waals surface area contributed by atoms with Crippen molar-refractivity contribution in [3.8, 4) is 11.5 Å². The molecule has 5 nitrogen and oxygen atoms in total. The van der Waals surface area contributed by atoms with Crippen LogP contribution in [0, 0.1) is 0 Å². The molecule has 1 saturated carbocycles. The standard InChI is InChI=1S/C14H17BrO5/c1-2-19-12-7-8(14(17)18)6-9(15)13(12)20-11-5-3-4-10(11)16/h6-7,10-11,16H,2-5H2,1H3,(H,17,18). The Morgan fingerprint density at radius 3 is 2.75 bits per heavy atom. The lowest BCUT2D eigenvalue weighted by Gasteiger charge is -2.20. The first-order valence-electron chi connectivity index (χ1n) is 6.57. The Morgan fingerprint density at radius 1 is 1.45 bits per heavy atom. The fourth-order valence-corrected chi connectivity index (χ4v) is 2.80. The summed E-state index contributed by atoms with van der Waals surface area (Å²) in [6.07, 6.45) is 1.65. The van der Waals surface area contributed by atoms with Gasteiger partial charge in [-0.25, -0.2) is 4.79 Å². The molecule has 0 heterocycles. The fourth-order valence-electron chi connectivity index (χ4n) is 2.26. The van der Waals surface area contributed by atoms with Gasteiger partial charge in [0.05, 0.1) is 22.7 Å². The molecule has 1 aliphatic carbocycles. The summed E-state index contributed by atoms with van der Waals surface area (Å²) in [5.74, 6) is -0.208. The first-order chi connectivity index (χ1) is 9.52. The zero-order chi connectivity index (χ0) is 14.7. The van der Waals surface area contributed by atoms with E-state index in [1.54, 1.807) is 0 Å². The van der Waals surface area contributed by atoms with Gasteiger partial charge in [0.25, 0.3) is 0 Å². The van der Waals surface area contributed by atoms with E-state index in [-0.39, 0.29) is 11.7 Å². The summed E-state index contributed by atoms with van der Waals surface area (Å²) >= 11 is 3.31. The summed E-state index contributed by atoms with van der Waals surface area (Å²) in [7, 11) is 0. The van der Waals surface area contributed by atoms with Crippen molar-refractivity contribution in [2.45, 2.75) is 38.4 Å². The maximum absolute atomic E-state index is 11.1. The minimum absolute atomic E-state index is 0.125. The van der Waals surface area contributed by atoms with Crippen LogP contribution in [0.15, 0.2) is 16.6 Å². The first kappa shape index (κ1) is 15.1. The first-order valence-corrected chi connectivity index (χ1v) is 7.36. The molecule has 1 aromatic rings. The Hall–Kier alpha value is -1.27. The third kappa shape index (κ3) is 3.24. The van der Waals surface area contributed by atoms with Crippen molar-refractivity contribution in [1.29, 1.82) is 0 Å². The Labute approximate surface area is 125 Å². The van der Waals surface area contributed by atoms with Gasteiger partial charge in [-0.2, -0.15) is 0 Å². The van der Waals surface area contributed by atoms with E-state index < -0.39 is 12.1 Å². The van der Waals surface area contributed by atoms with E-state index in [2.05, 4.69) is 15.9 Å². The number of ether oxygens (including phenoxy) is 2. The van der Waals surface area contributed by atoms with Crippen LogP contribution < -0.4 is 9.47 Å². The second kappa shape index (κ2) is 6.45. The molecule has 0 spiro atoms. The van der Waals surface area contributed by atoms with Crippen molar-refractivity contribution in [1.82, 2.24) is 0 Å². The summed E-state index contributed by atoms with van der Waals surface area (Å²) in [6.45, 7) is 2.22. The van der Waals surface area contributed by atoms with Crippen molar-refractivity contribution in [3.05, 3.63) is 22.2 Å². The minimum atomic E-state index is -1.03. The van der Waals surface area contributed by atoms with Gasteiger partial charge in [-0.15, -0.1) is 0 Å². The molecule has 0 aromatic heterocycles. The number of halogens is 1. The number of benzene rings is 1. The third-order valence-corrected chi connectivity index (χ3v) is 3.83. The highest BCUT2D eigenvalue weighted by molar-refractivity contribution is 9.10. The Balaban J connectivity index is 2.32. The van der Waals surface area contributed by atoms with Crippen molar-refractivity contribution in [3.63, 3.8) is 0 Å². The number of carbonyl (C=O) groups is 1. The number of aliphatic hydroxyl groups is 1. The van der Waals surface area contributed by atoms with E-state index in [4.69, 9.17) is 14.6 Å². The molecule has 1 aliphatic rings. The Kier molecular flexibility index (Phi) is 4.88. The van der Waals surface area contributed by atoms with Crippen LogP contribution in [-0.2, 0) is 0 Å². The van der Waals surface area contributed by atoms with Gasteiger partial charge in [0.2, 0.25) is 0 Å². The van der Waals surface area contributed by atoms with Gasteiger partial charge in [-0.1, -0.05) is 0 Å². The highest BCUT2D eigenvalue weighted by atomic mass is 79.9. The number of hydrogen-bond donors (Lipinski definition) is 2.